The van der Waals surface area contributed by atoms with Gasteiger partial charge in [0.15, 0.2) is 0 Å². The van der Waals surface area contributed by atoms with E-state index in [9.17, 15) is 15.3 Å². The normalized spacial score (nSPS) is 55.3. The van der Waals surface area contributed by atoms with Gasteiger partial charge in [-0.25, -0.2) is 0 Å². The summed E-state index contributed by atoms with van der Waals surface area (Å²) in [4.78, 5) is 0. The van der Waals surface area contributed by atoms with Crippen LogP contribution in [0.3, 0.4) is 0 Å². The summed E-state index contributed by atoms with van der Waals surface area (Å²) in [7, 11) is 0. The second-order valence-corrected chi connectivity index (χ2v) is 14.1. The van der Waals surface area contributed by atoms with Crippen molar-refractivity contribution in [3.05, 3.63) is 0 Å². The lowest BCUT2D eigenvalue weighted by molar-refractivity contribution is -0.191. The van der Waals surface area contributed by atoms with Crippen LogP contribution in [0, 0.1) is 58.2 Å². The zero-order valence-electron chi connectivity index (χ0n) is 21.4. The lowest BCUT2D eigenvalue weighted by Gasteiger charge is -2.62. The van der Waals surface area contributed by atoms with Crippen molar-refractivity contribution in [1.82, 2.24) is 0 Å². The van der Waals surface area contributed by atoms with E-state index in [1.54, 1.807) is 0 Å². The van der Waals surface area contributed by atoms with Crippen LogP contribution in [0.25, 0.3) is 0 Å². The fourth-order valence-electron chi connectivity index (χ4n) is 10.3. The molecule has 5 aliphatic carbocycles. The van der Waals surface area contributed by atoms with Gasteiger partial charge in [-0.1, -0.05) is 27.7 Å². The molecule has 3 heteroatoms. The molecule has 5 saturated carbocycles. The largest absolute Gasteiger partial charge is 0.393 e. The summed E-state index contributed by atoms with van der Waals surface area (Å²) < 4.78 is 0. The Morgan fingerprint density at radius 2 is 1.69 bits per heavy atom. The van der Waals surface area contributed by atoms with Crippen molar-refractivity contribution in [3.63, 3.8) is 0 Å². The van der Waals surface area contributed by atoms with E-state index in [1.807, 2.05) is 0 Å². The highest BCUT2D eigenvalue weighted by Gasteiger charge is 2.65. The third kappa shape index (κ3) is 3.54. The average molecular weight is 447 g/mol. The maximum atomic E-state index is 11.8. The molecular formula is C29H50O3. The Labute approximate surface area is 196 Å². The van der Waals surface area contributed by atoms with Crippen LogP contribution in [0.15, 0.2) is 0 Å². The Morgan fingerprint density at radius 1 is 0.969 bits per heavy atom. The van der Waals surface area contributed by atoms with E-state index in [0.717, 1.165) is 56.8 Å². The molecule has 3 N–H and O–H groups in total. The molecule has 32 heavy (non-hydrogen) atoms. The van der Waals surface area contributed by atoms with Gasteiger partial charge >= 0.3 is 0 Å². The highest BCUT2D eigenvalue weighted by atomic mass is 16.3. The molecule has 0 heterocycles. The maximum Gasteiger partial charge on any atom is 0.0654 e. The number of hydrogen-bond donors (Lipinski definition) is 3. The van der Waals surface area contributed by atoms with Gasteiger partial charge in [-0.15, -0.1) is 0 Å². The molecule has 5 rings (SSSR count). The van der Waals surface area contributed by atoms with Gasteiger partial charge in [0.2, 0.25) is 0 Å². The summed E-state index contributed by atoms with van der Waals surface area (Å²) in [6.45, 7) is 11.7. The van der Waals surface area contributed by atoms with Crippen LogP contribution >= 0.6 is 0 Å². The van der Waals surface area contributed by atoms with Crippen LogP contribution in [0.1, 0.15) is 105 Å². The maximum absolute atomic E-state index is 11.8. The van der Waals surface area contributed by atoms with Crippen molar-refractivity contribution in [3.8, 4) is 0 Å². The number of hydrogen-bond acceptors (Lipinski definition) is 3. The fourth-order valence-corrected chi connectivity index (χ4v) is 10.3. The first-order chi connectivity index (χ1) is 15.0. The molecule has 3 nitrogen and oxygen atoms in total. The minimum atomic E-state index is -0.681. The van der Waals surface area contributed by atoms with Crippen LogP contribution in [-0.2, 0) is 0 Å². The van der Waals surface area contributed by atoms with Gasteiger partial charge in [0.25, 0.3) is 0 Å². The van der Waals surface area contributed by atoms with E-state index in [1.165, 1.54) is 25.7 Å². The summed E-state index contributed by atoms with van der Waals surface area (Å²) in [5.74, 6) is 5.08. The Morgan fingerprint density at radius 3 is 2.38 bits per heavy atom. The van der Waals surface area contributed by atoms with E-state index in [4.69, 9.17) is 0 Å². The van der Waals surface area contributed by atoms with Crippen molar-refractivity contribution < 1.29 is 15.3 Å². The quantitative estimate of drug-likeness (QED) is 0.500. The molecule has 5 fully saturated rings. The minimum Gasteiger partial charge on any atom is -0.393 e. The number of rotatable bonds is 5. The minimum absolute atomic E-state index is 0.115. The van der Waals surface area contributed by atoms with E-state index in [2.05, 4.69) is 34.6 Å². The summed E-state index contributed by atoms with van der Waals surface area (Å²) in [6, 6.07) is 0. The molecule has 0 spiro atoms. The summed E-state index contributed by atoms with van der Waals surface area (Å²) in [6.07, 6.45) is 11.6. The first kappa shape index (κ1) is 23.6. The van der Waals surface area contributed by atoms with Crippen LogP contribution in [0.2, 0.25) is 0 Å². The Kier molecular flexibility index (Phi) is 5.87. The first-order valence-electron chi connectivity index (χ1n) is 14.1. The van der Waals surface area contributed by atoms with Crippen molar-refractivity contribution in [2.75, 3.05) is 0 Å². The van der Waals surface area contributed by atoms with Gasteiger partial charge in [-0.2, -0.15) is 0 Å². The molecule has 0 amide bonds. The lowest BCUT2D eigenvalue weighted by Crippen LogP contribution is -2.60. The second kappa shape index (κ2) is 7.95. The number of aliphatic hydroxyl groups is 3. The predicted octanol–water partition coefficient (Wildman–Crippen LogP) is 5.80. The molecule has 13 atom stereocenters. The average Bonchev–Trinajstić information content (AvgIpc) is 3.34. The van der Waals surface area contributed by atoms with Gasteiger partial charge in [-0.05, 0) is 130 Å². The summed E-state index contributed by atoms with van der Waals surface area (Å²) >= 11 is 0. The molecule has 0 unspecified atom stereocenters. The van der Waals surface area contributed by atoms with Gasteiger partial charge in [-0.3, -0.25) is 0 Å². The van der Waals surface area contributed by atoms with Gasteiger partial charge in [0, 0.05) is 5.41 Å². The monoisotopic (exact) mass is 446 g/mol. The molecule has 5 aliphatic rings. The first-order valence-corrected chi connectivity index (χ1v) is 14.1. The molecule has 0 aliphatic heterocycles. The molecule has 184 valence electrons. The van der Waals surface area contributed by atoms with Crippen LogP contribution in [0.4, 0.5) is 0 Å². The highest BCUT2D eigenvalue weighted by molar-refractivity contribution is 5.14. The standard InChI is InChI=1S/C29H50O3/c1-17(22-14-18(22)2)10-13-28(4,32)25-9-8-23-21-7-6-19-15-20(30)11-12-27(19,3)24(21)16-26(31)29(23,25)5/h17-26,30-32H,6-16H2,1-5H3/t17-,18-,19+,20-,21+,22+,23+,24+,25-,26-,27+,28+,29+/m1/s1. The van der Waals surface area contributed by atoms with E-state index in [0.29, 0.717) is 29.6 Å². The van der Waals surface area contributed by atoms with Gasteiger partial charge in [0.05, 0.1) is 17.8 Å². The summed E-state index contributed by atoms with van der Waals surface area (Å²) in [5, 5.41) is 33.8. The van der Waals surface area contributed by atoms with Crippen LogP contribution < -0.4 is 0 Å². The molecule has 0 radical (unpaired) electrons. The Bertz CT molecular complexity index is 705. The zero-order valence-corrected chi connectivity index (χ0v) is 21.4. The molecule has 0 saturated heterocycles. The topological polar surface area (TPSA) is 60.7 Å². The third-order valence-electron chi connectivity index (χ3n) is 12.5. The molecule has 0 aromatic rings. The third-order valence-corrected chi connectivity index (χ3v) is 12.5. The number of fused-ring (bicyclic) bond motifs is 5. The van der Waals surface area contributed by atoms with Crippen molar-refractivity contribution in [2.45, 2.75) is 123 Å². The second-order valence-electron chi connectivity index (χ2n) is 14.1. The van der Waals surface area contributed by atoms with Crippen molar-refractivity contribution >= 4 is 0 Å². The molecule has 0 bridgehead atoms. The van der Waals surface area contributed by atoms with E-state index < -0.39 is 5.60 Å². The van der Waals surface area contributed by atoms with E-state index in [-0.39, 0.29) is 29.0 Å². The van der Waals surface area contributed by atoms with Crippen molar-refractivity contribution in [2.24, 2.45) is 58.2 Å². The van der Waals surface area contributed by atoms with Gasteiger partial charge < -0.3 is 15.3 Å². The zero-order chi connectivity index (χ0) is 23.1. The molecule has 0 aromatic carbocycles. The molecule has 0 aromatic heterocycles. The Hall–Kier alpha value is -0.120. The van der Waals surface area contributed by atoms with Crippen LogP contribution in [-0.4, -0.2) is 33.1 Å². The smallest absolute Gasteiger partial charge is 0.0654 e. The highest BCUT2D eigenvalue weighted by Crippen LogP contribution is 2.68. The van der Waals surface area contributed by atoms with Crippen molar-refractivity contribution in [1.29, 1.82) is 0 Å². The fraction of sp³-hybridized carbons (Fsp3) is 1.00. The SMILES string of the molecule is C[C@H](CC[C@](C)(O)[C@H]1CC[C@H]2[C@@H]3CC[C@H]4C[C@H](O)CC[C@]4(C)[C@H]3C[C@@H](O)[C@@]21C)[C@@H]1C[C@H]1C. The molecular weight excluding hydrogens is 396 g/mol. The summed E-state index contributed by atoms with van der Waals surface area (Å²) in [5.41, 5.74) is -0.556. The van der Waals surface area contributed by atoms with Crippen LogP contribution in [0.5, 0.6) is 0 Å². The predicted molar refractivity (Wildman–Crippen MR) is 129 cm³/mol. The lowest BCUT2D eigenvalue weighted by atomic mass is 9.43. The van der Waals surface area contributed by atoms with Gasteiger partial charge in [0.1, 0.15) is 0 Å². The van der Waals surface area contributed by atoms with E-state index >= 15 is 0 Å². The Balaban J connectivity index is 1.33. The number of aliphatic hydroxyl groups excluding tert-OH is 2.